The van der Waals surface area contributed by atoms with Crippen LogP contribution in [0.5, 0.6) is 0 Å². The third-order valence-corrected chi connectivity index (χ3v) is 3.80. The van der Waals surface area contributed by atoms with Gasteiger partial charge in [-0.25, -0.2) is 13.1 Å². The fourth-order valence-corrected chi connectivity index (χ4v) is 2.02. The van der Waals surface area contributed by atoms with Crippen molar-refractivity contribution in [3.8, 4) is 0 Å². The van der Waals surface area contributed by atoms with E-state index < -0.39 is 10.0 Å². The Kier molecular flexibility index (Phi) is 4.25. The molecule has 0 aliphatic heterocycles. The summed E-state index contributed by atoms with van der Waals surface area (Å²) in [7, 11) is -2.13. The summed E-state index contributed by atoms with van der Waals surface area (Å²) in [5.41, 5.74) is 1.34. The molecule has 0 saturated carbocycles. The lowest BCUT2D eigenvalue weighted by atomic mass is 10.2. The summed E-state index contributed by atoms with van der Waals surface area (Å²) in [5.74, 6) is -0.146. The highest BCUT2D eigenvalue weighted by atomic mass is 32.2. The average molecular weight is 256 g/mol. The number of benzene rings is 1. The summed E-state index contributed by atoms with van der Waals surface area (Å²) in [6, 6.07) is 4.62. The van der Waals surface area contributed by atoms with Crippen molar-refractivity contribution in [2.24, 2.45) is 0 Å². The number of anilines is 1. The maximum absolute atomic E-state index is 11.6. The van der Waals surface area contributed by atoms with Gasteiger partial charge in [-0.05, 0) is 31.7 Å². The molecule has 1 aromatic carbocycles. The molecule has 0 atom stereocenters. The van der Waals surface area contributed by atoms with Crippen molar-refractivity contribution in [3.63, 3.8) is 0 Å². The predicted molar refractivity (Wildman–Crippen MR) is 66.3 cm³/mol. The van der Waals surface area contributed by atoms with E-state index in [9.17, 15) is 13.2 Å². The zero-order chi connectivity index (χ0) is 13.1. The number of nitrogens with one attached hydrogen (secondary N) is 2. The maximum atomic E-state index is 11.6. The van der Waals surface area contributed by atoms with Gasteiger partial charge in [0.1, 0.15) is 0 Å². The molecule has 0 radical (unpaired) electrons. The van der Waals surface area contributed by atoms with Crippen LogP contribution in [0.15, 0.2) is 23.1 Å². The second-order valence-corrected chi connectivity index (χ2v) is 5.47. The summed E-state index contributed by atoms with van der Waals surface area (Å²) in [6.45, 7) is 3.54. The number of hydrogen-bond donors (Lipinski definition) is 2. The highest BCUT2D eigenvalue weighted by Gasteiger charge is 2.13. The van der Waals surface area contributed by atoms with Crippen molar-refractivity contribution in [2.75, 3.05) is 12.4 Å². The van der Waals surface area contributed by atoms with Gasteiger partial charge in [0.15, 0.2) is 0 Å². The summed E-state index contributed by atoms with van der Waals surface area (Å²) in [5, 5.41) is 2.67. The van der Waals surface area contributed by atoms with Crippen molar-refractivity contribution in [3.05, 3.63) is 23.8 Å². The lowest BCUT2D eigenvalue weighted by Crippen LogP contribution is -2.19. The molecule has 0 unspecified atom stereocenters. The van der Waals surface area contributed by atoms with Gasteiger partial charge in [-0.1, -0.05) is 13.0 Å². The molecular formula is C11H16N2O3S. The Labute approximate surface area is 101 Å². The molecule has 17 heavy (non-hydrogen) atoms. The third-order valence-electron chi connectivity index (χ3n) is 2.38. The zero-order valence-corrected chi connectivity index (χ0v) is 10.9. The number of hydrogen-bond acceptors (Lipinski definition) is 3. The van der Waals surface area contributed by atoms with E-state index in [2.05, 4.69) is 10.0 Å². The van der Waals surface area contributed by atoms with Gasteiger partial charge in [0.05, 0.1) is 4.90 Å². The first-order chi connectivity index (χ1) is 7.90. The number of carbonyl (C=O) groups excluding carboxylic acids is 1. The van der Waals surface area contributed by atoms with Crippen LogP contribution in [0.4, 0.5) is 5.69 Å². The fourth-order valence-electron chi connectivity index (χ4n) is 1.26. The van der Waals surface area contributed by atoms with E-state index in [0.717, 1.165) is 5.56 Å². The van der Waals surface area contributed by atoms with Gasteiger partial charge in [0.25, 0.3) is 0 Å². The molecule has 0 heterocycles. The van der Waals surface area contributed by atoms with Crippen LogP contribution in [0, 0.1) is 6.92 Å². The Morgan fingerprint density at radius 2 is 2.00 bits per heavy atom. The van der Waals surface area contributed by atoms with Crippen molar-refractivity contribution in [1.29, 1.82) is 0 Å². The van der Waals surface area contributed by atoms with Gasteiger partial charge in [-0.2, -0.15) is 0 Å². The summed E-state index contributed by atoms with van der Waals surface area (Å²) in [4.78, 5) is 11.4. The zero-order valence-electron chi connectivity index (χ0n) is 10.1. The van der Waals surface area contributed by atoms with E-state index >= 15 is 0 Å². The second kappa shape index (κ2) is 5.29. The summed E-state index contributed by atoms with van der Waals surface area (Å²) in [6.07, 6.45) is 0.350. The molecule has 2 N–H and O–H groups in total. The second-order valence-electron chi connectivity index (χ2n) is 3.59. The smallest absolute Gasteiger partial charge is 0.240 e. The van der Waals surface area contributed by atoms with E-state index in [4.69, 9.17) is 0 Å². The molecule has 0 aliphatic carbocycles. The topological polar surface area (TPSA) is 75.3 Å². The molecule has 5 nitrogen and oxygen atoms in total. The Bertz CT molecular complexity index is 524. The molecule has 0 aliphatic rings. The minimum Gasteiger partial charge on any atom is -0.326 e. The molecule has 0 fully saturated rings. The molecule has 0 spiro atoms. The maximum Gasteiger partial charge on any atom is 0.240 e. The quantitative estimate of drug-likeness (QED) is 0.851. The Morgan fingerprint density at radius 1 is 1.35 bits per heavy atom. The number of rotatable bonds is 4. The summed E-state index contributed by atoms with van der Waals surface area (Å²) >= 11 is 0. The van der Waals surface area contributed by atoms with Gasteiger partial charge in [-0.3, -0.25) is 4.79 Å². The van der Waals surface area contributed by atoms with E-state index in [0.29, 0.717) is 12.1 Å². The molecule has 6 heteroatoms. The molecule has 0 bridgehead atoms. The molecule has 94 valence electrons. The Morgan fingerprint density at radius 3 is 2.53 bits per heavy atom. The first kappa shape index (κ1) is 13.7. The SMILES string of the molecule is CCC(=O)Nc1cc(S(=O)(=O)NC)ccc1C. The van der Waals surface area contributed by atoms with Crippen molar-refractivity contribution in [1.82, 2.24) is 4.72 Å². The molecule has 1 amide bonds. The molecule has 0 aromatic heterocycles. The molecule has 1 aromatic rings. The van der Waals surface area contributed by atoms with E-state index in [1.165, 1.54) is 19.2 Å². The van der Waals surface area contributed by atoms with Gasteiger partial charge in [0, 0.05) is 12.1 Å². The molecule has 0 saturated heterocycles. The van der Waals surface area contributed by atoms with E-state index in [-0.39, 0.29) is 10.8 Å². The van der Waals surface area contributed by atoms with Crippen molar-refractivity contribution < 1.29 is 13.2 Å². The standard InChI is InChI=1S/C11H16N2O3S/c1-4-11(14)13-10-7-9(6-5-8(10)2)17(15,16)12-3/h5-7,12H,4H2,1-3H3,(H,13,14). The predicted octanol–water partition coefficient (Wildman–Crippen LogP) is 1.25. The third kappa shape index (κ3) is 3.28. The van der Waals surface area contributed by atoms with Crippen LogP contribution in [-0.4, -0.2) is 21.4 Å². The first-order valence-electron chi connectivity index (χ1n) is 5.24. The first-order valence-corrected chi connectivity index (χ1v) is 6.73. The number of sulfonamides is 1. The normalized spacial score (nSPS) is 11.2. The van der Waals surface area contributed by atoms with Crippen LogP contribution >= 0.6 is 0 Å². The minimum absolute atomic E-state index is 0.136. The Hall–Kier alpha value is -1.40. The largest absolute Gasteiger partial charge is 0.326 e. The highest BCUT2D eigenvalue weighted by Crippen LogP contribution is 2.20. The van der Waals surface area contributed by atoms with E-state index in [1.54, 1.807) is 19.9 Å². The monoisotopic (exact) mass is 256 g/mol. The van der Waals surface area contributed by atoms with Crippen LogP contribution in [0.25, 0.3) is 0 Å². The van der Waals surface area contributed by atoms with Crippen LogP contribution in [0.1, 0.15) is 18.9 Å². The molecular weight excluding hydrogens is 240 g/mol. The number of amides is 1. The van der Waals surface area contributed by atoms with E-state index in [1.807, 2.05) is 0 Å². The lowest BCUT2D eigenvalue weighted by molar-refractivity contribution is -0.115. The highest BCUT2D eigenvalue weighted by molar-refractivity contribution is 7.89. The van der Waals surface area contributed by atoms with Crippen LogP contribution in [0.3, 0.4) is 0 Å². The Balaban J connectivity index is 3.15. The molecule has 1 rings (SSSR count). The van der Waals surface area contributed by atoms with Crippen molar-refractivity contribution >= 4 is 21.6 Å². The summed E-state index contributed by atoms with van der Waals surface area (Å²) < 4.78 is 25.4. The van der Waals surface area contributed by atoms with Crippen molar-refractivity contribution in [2.45, 2.75) is 25.2 Å². The minimum atomic E-state index is -3.48. The van der Waals surface area contributed by atoms with Gasteiger partial charge in [-0.15, -0.1) is 0 Å². The number of aryl methyl sites for hydroxylation is 1. The van der Waals surface area contributed by atoms with Gasteiger partial charge in [0.2, 0.25) is 15.9 Å². The van der Waals surface area contributed by atoms with Crippen LogP contribution < -0.4 is 10.0 Å². The van der Waals surface area contributed by atoms with Gasteiger partial charge >= 0.3 is 0 Å². The average Bonchev–Trinajstić information content (AvgIpc) is 2.31. The fraction of sp³-hybridized carbons (Fsp3) is 0.364. The lowest BCUT2D eigenvalue weighted by Gasteiger charge is -2.10. The van der Waals surface area contributed by atoms with Gasteiger partial charge < -0.3 is 5.32 Å². The number of carbonyl (C=O) groups is 1. The van der Waals surface area contributed by atoms with Crippen LogP contribution in [-0.2, 0) is 14.8 Å². The van der Waals surface area contributed by atoms with Crippen LogP contribution in [0.2, 0.25) is 0 Å².